The zero-order valence-corrected chi connectivity index (χ0v) is 15.6. The fourth-order valence-electron chi connectivity index (χ4n) is 2.11. The van der Waals surface area contributed by atoms with Crippen LogP contribution in [0, 0.1) is 0 Å². The number of nitrogens with zero attached hydrogens (tertiary/aromatic N) is 1. The van der Waals surface area contributed by atoms with Crippen LogP contribution in [-0.2, 0) is 4.79 Å². The Morgan fingerprint density at radius 3 is 2.40 bits per heavy atom. The second-order valence-corrected chi connectivity index (χ2v) is 6.73. The van der Waals surface area contributed by atoms with E-state index in [1.54, 1.807) is 14.2 Å². The first-order valence-electron chi connectivity index (χ1n) is 7.83. The molecule has 0 aliphatic heterocycles. The van der Waals surface area contributed by atoms with E-state index in [0.29, 0.717) is 17.2 Å². The van der Waals surface area contributed by atoms with Crippen molar-refractivity contribution >= 4 is 23.4 Å². The minimum absolute atomic E-state index is 0.145. The number of hydrazone groups is 1. The summed E-state index contributed by atoms with van der Waals surface area (Å²) in [5.74, 6) is 1.12. The molecule has 0 saturated heterocycles. The Labute approximate surface area is 152 Å². The molecule has 2 rings (SSSR count). The van der Waals surface area contributed by atoms with E-state index in [1.165, 1.54) is 11.8 Å². The summed E-state index contributed by atoms with van der Waals surface area (Å²) in [7, 11) is 3.17. The number of amides is 1. The molecule has 2 aromatic rings. The van der Waals surface area contributed by atoms with Crippen LogP contribution < -0.4 is 14.9 Å². The van der Waals surface area contributed by atoms with Crippen molar-refractivity contribution in [3.05, 3.63) is 54.1 Å². The molecule has 5 nitrogen and oxygen atoms in total. The Bertz CT molecular complexity index is 748. The lowest BCUT2D eigenvalue weighted by molar-refractivity contribution is -0.120. The van der Waals surface area contributed by atoms with E-state index in [1.807, 2.05) is 62.4 Å². The summed E-state index contributed by atoms with van der Waals surface area (Å²) in [6.07, 6.45) is 0. The SMILES string of the molecule is COc1ccc(C(C)=NNC(=O)C(C)Sc2ccccc2)cc1OC. The molecule has 0 bridgehead atoms. The number of nitrogens with one attached hydrogen (secondary N) is 1. The highest BCUT2D eigenvalue weighted by molar-refractivity contribution is 8.00. The van der Waals surface area contributed by atoms with Crippen molar-refractivity contribution in [2.45, 2.75) is 24.0 Å². The Morgan fingerprint density at radius 1 is 1.08 bits per heavy atom. The van der Waals surface area contributed by atoms with Crippen LogP contribution in [0.3, 0.4) is 0 Å². The van der Waals surface area contributed by atoms with E-state index in [4.69, 9.17) is 9.47 Å². The van der Waals surface area contributed by atoms with Gasteiger partial charge in [-0.05, 0) is 44.2 Å². The van der Waals surface area contributed by atoms with Gasteiger partial charge in [-0.25, -0.2) is 5.43 Å². The lowest BCUT2D eigenvalue weighted by Gasteiger charge is -2.11. The minimum atomic E-state index is -0.246. The van der Waals surface area contributed by atoms with Crippen LogP contribution in [-0.4, -0.2) is 31.1 Å². The van der Waals surface area contributed by atoms with Gasteiger partial charge in [0.25, 0.3) is 5.91 Å². The number of carbonyl (C=O) groups is 1. The summed E-state index contributed by atoms with van der Waals surface area (Å²) in [5.41, 5.74) is 4.16. The highest BCUT2D eigenvalue weighted by Gasteiger charge is 2.14. The van der Waals surface area contributed by atoms with E-state index < -0.39 is 0 Å². The maximum atomic E-state index is 12.2. The summed E-state index contributed by atoms with van der Waals surface area (Å²) in [6.45, 7) is 3.69. The molecule has 0 fully saturated rings. The van der Waals surface area contributed by atoms with Gasteiger partial charge in [0, 0.05) is 10.5 Å². The molecule has 6 heteroatoms. The van der Waals surface area contributed by atoms with Crippen molar-refractivity contribution < 1.29 is 14.3 Å². The van der Waals surface area contributed by atoms with Gasteiger partial charge in [0.2, 0.25) is 0 Å². The minimum Gasteiger partial charge on any atom is -0.493 e. The second-order valence-electron chi connectivity index (χ2n) is 5.32. The topological polar surface area (TPSA) is 59.9 Å². The number of ether oxygens (including phenoxy) is 2. The van der Waals surface area contributed by atoms with Crippen LogP contribution in [0.2, 0.25) is 0 Å². The third kappa shape index (κ3) is 5.26. The molecule has 0 radical (unpaired) electrons. The zero-order valence-electron chi connectivity index (χ0n) is 14.8. The van der Waals surface area contributed by atoms with Crippen molar-refractivity contribution in [3.63, 3.8) is 0 Å². The maximum Gasteiger partial charge on any atom is 0.253 e. The van der Waals surface area contributed by atoms with Crippen molar-refractivity contribution in [2.75, 3.05) is 14.2 Å². The average Bonchev–Trinajstić information content (AvgIpc) is 2.65. The highest BCUT2D eigenvalue weighted by Crippen LogP contribution is 2.27. The van der Waals surface area contributed by atoms with Crippen LogP contribution in [0.25, 0.3) is 0 Å². The molecule has 0 aromatic heterocycles. The van der Waals surface area contributed by atoms with Gasteiger partial charge < -0.3 is 9.47 Å². The zero-order chi connectivity index (χ0) is 18.2. The second kappa shape index (κ2) is 9.13. The molecule has 1 atom stereocenters. The molecule has 0 heterocycles. The van der Waals surface area contributed by atoms with Crippen molar-refractivity contribution in [2.24, 2.45) is 5.10 Å². The van der Waals surface area contributed by atoms with Crippen LogP contribution in [0.1, 0.15) is 19.4 Å². The third-order valence-corrected chi connectivity index (χ3v) is 4.67. The number of hydrogen-bond donors (Lipinski definition) is 1. The first-order chi connectivity index (χ1) is 12.0. The van der Waals surface area contributed by atoms with Crippen molar-refractivity contribution in [1.82, 2.24) is 5.43 Å². The largest absolute Gasteiger partial charge is 0.493 e. The van der Waals surface area contributed by atoms with Gasteiger partial charge >= 0.3 is 0 Å². The van der Waals surface area contributed by atoms with Crippen LogP contribution >= 0.6 is 11.8 Å². The van der Waals surface area contributed by atoms with Gasteiger partial charge in [0.05, 0.1) is 25.2 Å². The number of rotatable bonds is 7. The Balaban J connectivity index is 2.01. The monoisotopic (exact) mass is 358 g/mol. The molecule has 0 saturated carbocycles. The van der Waals surface area contributed by atoms with E-state index >= 15 is 0 Å². The highest BCUT2D eigenvalue weighted by atomic mass is 32.2. The summed E-state index contributed by atoms with van der Waals surface area (Å²) >= 11 is 1.49. The van der Waals surface area contributed by atoms with Crippen molar-refractivity contribution in [3.8, 4) is 11.5 Å². The van der Waals surface area contributed by atoms with Gasteiger partial charge in [-0.15, -0.1) is 11.8 Å². The van der Waals surface area contributed by atoms with Gasteiger partial charge in [-0.1, -0.05) is 18.2 Å². The summed E-state index contributed by atoms with van der Waals surface area (Å²) < 4.78 is 10.5. The van der Waals surface area contributed by atoms with E-state index in [0.717, 1.165) is 10.5 Å². The average molecular weight is 358 g/mol. The molecular weight excluding hydrogens is 336 g/mol. The number of benzene rings is 2. The molecule has 1 N–H and O–H groups in total. The first-order valence-corrected chi connectivity index (χ1v) is 8.71. The van der Waals surface area contributed by atoms with Gasteiger partial charge in [-0.3, -0.25) is 4.79 Å². The number of methoxy groups -OCH3 is 2. The summed E-state index contributed by atoms with van der Waals surface area (Å²) in [5, 5.41) is 3.95. The molecular formula is C19H22N2O3S. The fourth-order valence-corrected chi connectivity index (χ4v) is 2.99. The summed E-state index contributed by atoms with van der Waals surface area (Å²) in [4.78, 5) is 13.3. The summed E-state index contributed by atoms with van der Waals surface area (Å²) in [6, 6.07) is 15.3. The van der Waals surface area contributed by atoms with Crippen LogP contribution in [0.4, 0.5) is 0 Å². The molecule has 1 amide bonds. The maximum absolute atomic E-state index is 12.2. The van der Waals surface area contributed by atoms with E-state index in [9.17, 15) is 4.79 Å². The molecule has 1 unspecified atom stereocenters. The van der Waals surface area contributed by atoms with E-state index in [-0.39, 0.29) is 11.2 Å². The van der Waals surface area contributed by atoms with E-state index in [2.05, 4.69) is 10.5 Å². The van der Waals surface area contributed by atoms with Gasteiger partial charge in [-0.2, -0.15) is 5.10 Å². The quantitative estimate of drug-likeness (QED) is 0.465. The standard InChI is InChI=1S/C19H22N2O3S/c1-13(15-10-11-17(23-3)18(12-15)24-4)20-21-19(22)14(2)25-16-8-6-5-7-9-16/h5-12,14H,1-4H3,(H,21,22). The molecule has 132 valence electrons. The smallest absolute Gasteiger partial charge is 0.253 e. The predicted molar refractivity (Wildman–Crippen MR) is 102 cm³/mol. The Morgan fingerprint density at radius 2 is 1.76 bits per heavy atom. The lowest BCUT2D eigenvalue weighted by atomic mass is 10.1. The molecule has 2 aromatic carbocycles. The molecule has 25 heavy (non-hydrogen) atoms. The Hall–Kier alpha value is -2.47. The predicted octanol–water partition coefficient (Wildman–Crippen LogP) is 3.72. The molecule has 0 spiro atoms. The Kier molecular flexibility index (Phi) is 6.89. The van der Waals surface area contributed by atoms with Crippen LogP contribution in [0.5, 0.6) is 11.5 Å². The van der Waals surface area contributed by atoms with Crippen LogP contribution in [0.15, 0.2) is 58.5 Å². The van der Waals surface area contributed by atoms with Gasteiger partial charge in [0.1, 0.15) is 0 Å². The normalized spacial score (nSPS) is 12.4. The molecule has 0 aliphatic rings. The lowest BCUT2D eigenvalue weighted by Crippen LogP contribution is -2.27. The van der Waals surface area contributed by atoms with Crippen molar-refractivity contribution in [1.29, 1.82) is 0 Å². The fraction of sp³-hybridized carbons (Fsp3) is 0.263. The number of thioether (sulfide) groups is 1. The number of carbonyl (C=O) groups excluding carboxylic acids is 1. The molecule has 0 aliphatic carbocycles. The third-order valence-electron chi connectivity index (χ3n) is 3.56. The number of hydrogen-bond acceptors (Lipinski definition) is 5. The van der Waals surface area contributed by atoms with Gasteiger partial charge in [0.15, 0.2) is 11.5 Å². The first kappa shape index (κ1) is 18.9.